The number of aromatic nitrogens is 4. The third-order valence-corrected chi connectivity index (χ3v) is 2.80. The topological polar surface area (TPSA) is 72.7 Å². The smallest absolute Gasteiger partial charge is 0.271 e. The molecule has 0 aliphatic heterocycles. The maximum absolute atomic E-state index is 11.9. The minimum absolute atomic E-state index is 0.0958. The van der Waals surface area contributed by atoms with E-state index in [1.807, 2.05) is 27.7 Å². The van der Waals surface area contributed by atoms with E-state index in [4.69, 9.17) is 0 Å². The van der Waals surface area contributed by atoms with Crippen molar-refractivity contribution in [2.24, 2.45) is 0 Å². The zero-order valence-electron chi connectivity index (χ0n) is 12.2. The highest BCUT2D eigenvalue weighted by molar-refractivity contribution is 5.92. The lowest BCUT2D eigenvalue weighted by molar-refractivity contribution is 0.0937. The summed E-state index contributed by atoms with van der Waals surface area (Å²) in [5.74, 6) is 0.588. The number of carbonyl (C=O) groups is 1. The molecule has 2 aromatic rings. The Bertz CT molecular complexity index is 601. The van der Waals surface area contributed by atoms with Gasteiger partial charge in [-0.2, -0.15) is 5.10 Å². The van der Waals surface area contributed by atoms with Gasteiger partial charge in [-0.05, 0) is 33.8 Å². The highest BCUT2D eigenvalue weighted by Gasteiger charge is 2.13. The number of aryl methyl sites for hydroxylation is 2. The fourth-order valence-corrected chi connectivity index (χ4v) is 1.79. The zero-order valence-corrected chi connectivity index (χ0v) is 12.2. The molecule has 0 saturated heterocycles. The summed E-state index contributed by atoms with van der Waals surface area (Å²) >= 11 is 0. The van der Waals surface area contributed by atoms with Gasteiger partial charge in [-0.15, -0.1) is 0 Å². The second kappa shape index (κ2) is 5.81. The number of carbonyl (C=O) groups excluding carboxylic acids is 1. The molecule has 0 radical (unpaired) electrons. The molecule has 2 heterocycles. The van der Waals surface area contributed by atoms with Crippen LogP contribution in [0.15, 0.2) is 18.5 Å². The monoisotopic (exact) mass is 273 g/mol. The van der Waals surface area contributed by atoms with Crippen LogP contribution in [0.5, 0.6) is 0 Å². The molecule has 0 aliphatic rings. The van der Waals surface area contributed by atoms with E-state index in [0.29, 0.717) is 12.2 Å². The largest absolute Gasteiger partial charge is 0.348 e. The van der Waals surface area contributed by atoms with Gasteiger partial charge in [-0.1, -0.05) is 0 Å². The highest BCUT2D eigenvalue weighted by Crippen LogP contribution is 2.07. The summed E-state index contributed by atoms with van der Waals surface area (Å²) in [4.78, 5) is 20.2. The van der Waals surface area contributed by atoms with Crippen molar-refractivity contribution >= 4 is 5.91 Å². The molecule has 0 atom stereocenters. The predicted octanol–water partition coefficient (Wildman–Crippen LogP) is 1.48. The summed E-state index contributed by atoms with van der Waals surface area (Å²) in [7, 11) is 0. The van der Waals surface area contributed by atoms with Gasteiger partial charge in [-0.3, -0.25) is 9.48 Å². The van der Waals surface area contributed by atoms with Crippen LogP contribution in [0.3, 0.4) is 0 Å². The van der Waals surface area contributed by atoms with E-state index in [9.17, 15) is 4.79 Å². The van der Waals surface area contributed by atoms with Crippen LogP contribution >= 0.6 is 0 Å². The summed E-state index contributed by atoms with van der Waals surface area (Å²) in [6.07, 6.45) is 3.55. The summed E-state index contributed by atoms with van der Waals surface area (Å²) in [5.41, 5.74) is 2.32. The van der Waals surface area contributed by atoms with Crippen LogP contribution in [0.1, 0.15) is 41.4 Å². The van der Waals surface area contributed by atoms with Crippen molar-refractivity contribution < 1.29 is 4.79 Å². The predicted molar refractivity (Wildman–Crippen MR) is 75.4 cm³/mol. The van der Waals surface area contributed by atoms with E-state index in [2.05, 4.69) is 20.4 Å². The Labute approximate surface area is 118 Å². The SMILES string of the molecule is Cc1ncc(Cn2nc(C(=O)NC(C)C)cc2C)cn1. The first kappa shape index (κ1) is 14.2. The molecule has 1 N–H and O–H groups in total. The van der Waals surface area contributed by atoms with Crippen LogP contribution in [-0.4, -0.2) is 31.7 Å². The molecule has 0 spiro atoms. The van der Waals surface area contributed by atoms with Crippen molar-refractivity contribution in [1.29, 1.82) is 0 Å². The van der Waals surface area contributed by atoms with E-state index in [1.165, 1.54) is 0 Å². The Morgan fingerprint density at radius 1 is 1.30 bits per heavy atom. The minimum Gasteiger partial charge on any atom is -0.348 e. The van der Waals surface area contributed by atoms with Gasteiger partial charge in [0.15, 0.2) is 0 Å². The number of amides is 1. The molecule has 0 bridgehead atoms. The molecule has 6 heteroatoms. The van der Waals surface area contributed by atoms with Gasteiger partial charge in [-0.25, -0.2) is 9.97 Å². The van der Waals surface area contributed by atoms with E-state index >= 15 is 0 Å². The van der Waals surface area contributed by atoms with Crippen molar-refractivity contribution in [3.8, 4) is 0 Å². The van der Waals surface area contributed by atoms with Crippen molar-refractivity contribution in [2.45, 2.75) is 40.3 Å². The fourth-order valence-electron chi connectivity index (χ4n) is 1.79. The summed E-state index contributed by atoms with van der Waals surface area (Å²) in [6.45, 7) is 8.17. The van der Waals surface area contributed by atoms with Gasteiger partial charge in [0.1, 0.15) is 11.5 Å². The highest BCUT2D eigenvalue weighted by atomic mass is 16.2. The van der Waals surface area contributed by atoms with Crippen LogP contribution in [0.2, 0.25) is 0 Å². The van der Waals surface area contributed by atoms with Gasteiger partial charge in [0.25, 0.3) is 5.91 Å². The van der Waals surface area contributed by atoms with Crippen molar-refractivity contribution in [1.82, 2.24) is 25.1 Å². The number of hydrogen-bond acceptors (Lipinski definition) is 4. The van der Waals surface area contributed by atoms with Gasteiger partial charge in [0.2, 0.25) is 0 Å². The molecular weight excluding hydrogens is 254 g/mol. The van der Waals surface area contributed by atoms with E-state index in [1.54, 1.807) is 23.1 Å². The maximum atomic E-state index is 11.9. The Kier molecular flexibility index (Phi) is 4.12. The number of nitrogens with one attached hydrogen (secondary N) is 1. The van der Waals surface area contributed by atoms with Gasteiger partial charge < -0.3 is 5.32 Å². The second-order valence-electron chi connectivity index (χ2n) is 5.10. The second-order valence-corrected chi connectivity index (χ2v) is 5.10. The molecular formula is C14H19N5O. The maximum Gasteiger partial charge on any atom is 0.271 e. The molecule has 0 aliphatic carbocycles. The van der Waals surface area contributed by atoms with Gasteiger partial charge in [0, 0.05) is 29.7 Å². The lowest BCUT2D eigenvalue weighted by Crippen LogP contribution is -2.30. The molecule has 20 heavy (non-hydrogen) atoms. The fraction of sp³-hybridized carbons (Fsp3) is 0.429. The summed E-state index contributed by atoms with van der Waals surface area (Å²) in [6, 6.07) is 1.88. The third kappa shape index (κ3) is 3.40. The Morgan fingerprint density at radius 3 is 2.55 bits per heavy atom. The van der Waals surface area contributed by atoms with Crippen LogP contribution < -0.4 is 5.32 Å². The van der Waals surface area contributed by atoms with Gasteiger partial charge in [0.05, 0.1) is 6.54 Å². The average Bonchev–Trinajstić information content (AvgIpc) is 2.73. The molecule has 106 valence electrons. The zero-order chi connectivity index (χ0) is 14.7. The van der Waals surface area contributed by atoms with Crippen LogP contribution in [0.4, 0.5) is 0 Å². The molecule has 2 aromatic heterocycles. The first-order chi connectivity index (χ1) is 9.45. The molecule has 0 unspecified atom stereocenters. The minimum atomic E-state index is -0.151. The third-order valence-electron chi connectivity index (χ3n) is 2.80. The molecule has 1 amide bonds. The normalized spacial score (nSPS) is 10.8. The van der Waals surface area contributed by atoms with E-state index < -0.39 is 0 Å². The van der Waals surface area contributed by atoms with Crippen molar-refractivity contribution in [3.05, 3.63) is 41.2 Å². The molecule has 2 rings (SSSR count). The van der Waals surface area contributed by atoms with E-state index in [0.717, 1.165) is 17.1 Å². The number of hydrogen-bond donors (Lipinski definition) is 1. The molecule has 0 aromatic carbocycles. The van der Waals surface area contributed by atoms with Crippen molar-refractivity contribution in [3.63, 3.8) is 0 Å². The summed E-state index contributed by atoms with van der Waals surface area (Å²) in [5, 5.41) is 7.16. The molecule has 0 fully saturated rings. The van der Waals surface area contributed by atoms with Crippen LogP contribution in [0, 0.1) is 13.8 Å². The van der Waals surface area contributed by atoms with Crippen LogP contribution in [0.25, 0.3) is 0 Å². The number of rotatable bonds is 4. The summed E-state index contributed by atoms with van der Waals surface area (Å²) < 4.78 is 1.78. The lowest BCUT2D eigenvalue weighted by Gasteiger charge is -2.06. The van der Waals surface area contributed by atoms with Crippen molar-refractivity contribution in [2.75, 3.05) is 0 Å². The Balaban J connectivity index is 2.15. The van der Waals surface area contributed by atoms with Crippen LogP contribution in [-0.2, 0) is 6.54 Å². The molecule has 6 nitrogen and oxygen atoms in total. The molecule has 0 saturated carbocycles. The standard InChI is InChI=1S/C14H19N5O/c1-9(2)17-14(20)13-5-10(3)19(18-13)8-12-6-15-11(4)16-7-12/h5-7,9H,8H2,1-4H3,(H,17,20). The lowest BCUT2D eigenvalue weighted by atomic mass is 10.3. The van der Waals surface area contributed by atoms with Gasteiger partial charge >= 0.3 is 0 Å². The Morgan fingerprint density at radius 2 is 1.95 bits per heavy atom. The number of nitrogens with zero attached hydrogens (tertiary/aromatic N) is 4. The first-order valence-corrected chi connectivity index (χ1v) is 6.58. The quantitative estimate of drug-likeness (QED) is 0.915. The average molecular weight is 273 g/mol. The first-order valence-electron chi connectivity index (χ1n) is 6.58. The Hall–Kier alpha value is -2.24. The van der Waals surface area contributed by atoms with E-state index in [-0.39, 0.29) is 11.9 Å².